The molecule has 2 aliphatic rings. The molecular weight excluding hydrogens is 314 g/mol. The number of hydrogen-bond acceptors (Lipinski definition) is 3. The van der Waals surface area contributed by atoms with Gasteiger partial charge in [-0.05, 0) is 48.1 Å². The van der Waals surface area contributed by atoms with Crippen LogP contribution in [0.2, 0.25) is 0 Å². The highest BCUT2D eigenvalue weighted by molar-refractivity contribution is 5.90. The van der Waals surface area contributed by atoms with Crippen molar-refractivity contribution in [3.63, 3.8) is 0 Å². The Bertz CT molecular complexity index is 871. The van der Waals surface area contributed by atoms with Gasteiger partial charge in [0.05, 0.1) is 24.4 Å². The summed E-state index contributed by atoms with van der Waals surface area (Å²) in [7, 11) is 1.67. The van der Waals surface area contributed by atoms with E-state index in [-0.39, 0.29) is 12.0 Å². The summed E-state index contributed by atoms with van der Waals surface area (Å²) in [5.74, 6) is 0.496. The zero-order valence-corrected chi connectivity index (χ0v) is 14.3. The molecular formula is C21H21NO3. The molecule has 1 aliphatic heterocycles. The van der Waals surface area contributed by atoms with E-state index in [1.807, 2.05) is 18.2 Å². The van der Waals surface area contributed by atoms with E-state index < -0.39 is 5.97 Å². The lowest BCUT2D eigenvalue weighted by molar-refractivity contribution is 0.0694. The summed E-state index contributed by atoms with van der Waals surface area (Å²) in [5.41, 5.74) is 4.68. The second kappa shape index (κ2) is 5.96. The number of hydrogen-bond donors (Lipinski definition) is 2. The number of fused-ring (bicyclic) bond motifs is 3. The number of aryl methyl sites for hydroxylation is 1. The molecule has 3 atom stereocenters. The molecule has 0 saturated heterocycles. The monoisotopic (exact) mass is 335 g/mol. The van der Waals surface area contributed by atoms with E-state index in [0.29, 0.717) is 11.5 Å². The number of benzene rings is 2. The lowest BCUT2D eigenvalue weighted by atomic mass is 9.74. The van der Waals surface area contributed by atoms with E-state index in [1.165, 1.54) is 11.1 Å². The van der Waals surface area contributed by atoms with Gasteiger partial charge in [0.25, 0.3) is 0 Å². The summed E-state index contributed by atoms with van der Waals surface area (Å²) in [6.45, 7) is 2.12. The topological polar surface area (TPSA) is 58.6 Å². The lowest BCUT2D eigenvalue weighted by Crippen LogP contribution is -2.31. The summed E-state index contributed by atoms with van der Waals surface area (Å²) in [5, 5.41) is 13.2. The first-order valence-electron chi connectivity index (χ1n) is 8.54. The minimum atomic E-state index is -0.887. The highest BCUT2D eigenvalue weighted by Crippen LogP contribution is 2.53. The Balaban J connectivity index is 1.89. The number of methoxy groups -OCH3 is 1. The lowest BCUT2D eigenvalue weighted by Gasteiger charge is -2.39. The minimum Gasteiger partial charge on any atom is -0.495 e. The molecule has 0 fully saturated rings. The van der Waals surface area contributed by atoms with Crippen LogP contribution in [0.1, 0.15) is 45.4 Å². The molecule has 4 heteroatoms. The molecule has 0 saturated carbocycles. The van der Waals surface area contributed by atoms with E-state index in [2.05, 4.69) is 30.5 Å². The number of anilines is 1. The van der Waals surface area contributed by atoms with E-state index >= 15 is 0 Å². The van der Waals surface area contributed by atoms with Gasteiger partial charge in [0.1, 0.15) is 5.75 Å². The predicted octanol–water partition coefficient (Wildman–Crippen LogP) is 4.53. The Labute approximate surface area is 147 Å². The van der Waals surface area contributed by atoms with Gasteiger partial charge < -0.3 is 15.2 Å². The van der Waals surface area contributed by atoms with Crippen molar-refractivity contribution in [1.82, 2.24) is 0 Å². The average Bonchev–Trinajstić information content (AvgIpc) is 3.10. The van der Waals surface area contributed by atoms with Gasteiger partial charge in [-0.25, -0.2) is 4.79 Å². The zero-order valence-electron chi connectivity index (χ0n) is 14.3. The first-order valence-corrected chi connectivity index (χ1v) is 8.54. The number of carbonyl (C=O) groups is 1. The van der Waals surface area contributed by atoms with Gasteiger partial charge in [0, 0.05) is 5.92 Å². The standard InChI is InChI=1S/C21H21NO3/c1-12-10-11-17(25-2)20-18(12)13-8-5-9-14(13)19(22-20)15-6-3-4-7-16(15)21(23)24/h3-8,10-11,13-14,19,22H,9H2,1-2H3,(H,23,24)/t13-,14-,19-/m0/s1. The van der Waals surface area contributed by atoms with Crippen LogP contribution in [0.15, 0.2) is 48.6 Å². The number of rotatable bonds is 3. The maximum atomic E-state index is 11.7. The van der Waals surface area contributed by atoms with Gasteiger partial charge >= 0.3 is 5.97 Å². The third kappa shape index (κ3) is 2.40. The quantitative estimate of drug-likeness (QED) is 0.809. The molecule has 2 N–H and O–H groups in total. The smallest absolute Gasteiger partial charge is 0.336 e. The molecule has 4 nitrogen and oxygen atoms in total. The molecule has 1 heterocycles. The normalized spacial score (nSPS) is 23.5. The van der Waals surface area contributed by atoms with Gasteiger partial charge in [-0.3, -0.25) is 0 Å². The van der Waals surface area contributed by atoms with Crippen LogP contribution in [0.3, 0.4) is 0 Å². The fourth-order valence-electron chi connectivity index (χ4n) is 4.31. The van der Waals surface area contributed by atoms with Crippen molar-refractivity contribution in [3.8, 4) is 5.75 Å². The maximum Gasteiger partial charge on any atom is 0.336 e. The zero-order chi connectivity index (χ0) is 17.6. The molecule has 0 amide bonds. The summed E-state index contributed by atoms with van der Waals surface area (Å²) in [6, 6.07) is 11.3. The van der Waals surface area contributed by atoms with Gasteiger partial charge in [-0.1, -0.05) is 36.4 Å². The number of ether oxygens (including phenoxy) is 1. The first-order chi connectivity index (χ1) is 12.1. The largest absolute Gasteiger partial charge is 0.495 e. The van der Waals surface area contributed by atoms with Crippen molar-refractivity contribution in [2.75, 3.05) is 12.4 Å². The van der Waals surface area contributed by atoms with Crippen LogP contribution < -0.4 is 10.1 Å². The van der Waals surface area contributed by atoms with Crippen molar-refractivity contribution in [1.29, 1.82) is 0 Å². The van der Waals surface area contributed by atoms with Crippen LogP contribution in [-0.4, -0.2) is 18.2 Å². The summed E-state index contributed by atoms with van der Waals surface area (Å²) in [4.78, 5) is 11.7. The molecule has 0 spiro atoms. The fraction of sp³-hybridized carbons (Fsp3) is 0.286. The number of aromatic carboxylic acids is 1. The molecule has 2 aromatic carbocycles. The molecule has 128 valence electrons. The Kier molecular flexibility index (Phi) is 3.75. The summed E-state index contributed by atoms with van der Waals surface area (Å²) < 4.78 is 5.58. The maximum absolute atomic E-state index is 11.7. The minimum absolute atomic E-state index is 0.0597. The van der Waals surface area contributed by atoms with Crippen LogP contribution >= 0.6 is 0 Å². The second-order valence-electron chi connectivity index (χ2n) is 6.74. The molecule has 25 heavy (non-hydrogen) atoms. The van der Waals surface area contributed by atoms with Crippen LogP contribution in [0.5, 0.6) is 5.75 Å². The van der Waals surface area contributed by atoms with Crippen LogP contribution in [0.25, 0.3) is 0 Å². The highest BCUT2D eigenvalue weighted by atomic mass is 16.5. The Morgan fingerprint density at radius 2 is 2.04 bits per heavy atom. The van der Waals surface area contributed by atoms with Crippen molar-refractivity contribution in [2.24, 2.45) is 5.92 Å². The van der Waals surface area contributed by atoms with Crippen LogP contribution in [0.4, 0.5) is 5.69 Å². The third-order valence-corrected chi connectivity index (χ3v) is 5.45. The van der Waals surface area contributed by atoms with E-state index in [4.69, 9.17) is 4.74 Å². The van der Waals surface area contributed by atoms with Crippen LogP contribution in [-0.2, 0) is 0 Å². The van der Waals surface area contributed by atoms with Crippen molar-refractivity contribution in [2.45, 2.75) is 25.3 Å². The van der Waals surface area contributed by atoms with Gasteiger partial charge in [-0.15, -0.1) is 0 Å². The molecule has 0 aromatic heterocycles. The fourth-order valence-corrected chi connectivity index (χ4v) is 4.31. The molecule has 1 aliphatic carbocycles. The van der Waals surface area contributed by atoms with Crippen molar-refractivity contribution < 1.29 is 14.6 Å². The predicted molar refractivity (Wildman–Crippen MR) is 97.5 cm³/mol. The Hall–Kier alpha value is -2.75. The highest BCUT2D eigenvalue weighted by Gasteiger charge is 2.40. The van der Waals surface area contributed by atoms with E-state index in [0.717, 1.165) is 23.4 Å². The van der Waals surface area contributed by atoms with E-state index in [9.17, 15) is 9.90 Å². The van der Waals surface area contributed by atoms with Gasteiger partial charge in [0.2, 0.25) is 0 Å². The number of carboxylic acids is 1. The third-order valence-electron chi connectivity index (χ3n) is 5.45. The Morgan fingerprint density at radius 3 is 2.80 bits per heavy atom. The summed E-state index contributed by atoms with van der Waals surface area (Å²) in [6.07, 6.45) is 5.40. The first kappa shape index (κ1) is 15.8. The number of carboxylic acid groups (broad SMARTS) is 1. The molecule has 0 unspecified atom stereocenters. The number of nitrogens with one attached hydrogen (secondary N) is 1. The number of allylic oxidation sites excluding steroid dienone is 2. The van der Waals surface area contributed by atoms with Crippen LogP contribution in [0, 0.1) is 12.8 Å². The average molecular weight is 335 g/mol. The summed E-state index contributed by atoms with van der Waals surface area (Å²) >= 11 is 0. The molecule has 2 aromatic rings. The van der Waals surface area contributed by atoms with Crippen molar-refractivity contribution in [3.05, 3.63) is 70.8 Å². The van der Waals surface area contributed by atoms with Crippen molar-refractivity contribution >= 4 is 11.7 Å². The second-order valence-corrected chi connectivity index (χ2v) is 6.74. The molecule has 0 radical (unpaired) electrons. The van der Waals surface area contributed by atoms with Gasteiger partial charge in [-0.2, -0.15) is 0 Å². The Morgan fingerprint density at radius 1 is 1.24 bits per heavy atom. The van der Waals surface area contributed by atoms with E-state index in [1.54, 1.807) is 19.2 Å². The van der Waals surface area contributed by atoms with Gasteiger partial charge in [0.15, 0.2) is 0 Å². The molecule has 4 rings (SSSR count). The SMILES string of the molecule is COc1ccc(C)c2c1N[C@H](c1ccccc1C(=O)O)[C@H]1CC=C[C@H]21. The molecule has 0 bridgehead atoms.